The summed E-state index contributed by atoms with van der Waals surface area (Å²) in [4.78, 5) is 41.1. The Hall–Kier alpha value is -5.12. The van der Waals surface area contributed by atoms with Gasteiger partial charge in [-0.1, -0.05) is 117 Å². The third kappa shape index (κ3) is 12.6. The van der Waals surface area contributed by atoms with E-state index in [0.29, 0.717) is 13.1 Å². The van der Waals surface area contributed by atoms with Crippen LogP contribution in [-0.2, 0) is 23.8 Å². The fourth-order valence-electron chi connectivity index (χ4n) is 9.77. The van der Waals surface area contributed by atoms with E-state index >= 15 is 0 Å². The number of phenolic OH excluding ortho intramolecular Hbond substituents is 3. The number of carbonyl (C=O) groups is 3. The molecule has 0 spiro atoms. The Morgan fingerprint density at radius 1 is 0.809 bits per heavy atom. The maximum absolute atomic E-state index is 14.7. The highest BCUT2D eigenvalue weighted by molar-refractivity contribution is 6.23. The third-order valence-corrected chi connectivity index (χ3v) is 14.2. The molecule has 9 atom stereocenters. The van der Waals surface area contributed by atoms with Gasteiger partial charge in [-0.2, -0.15) is 5.10 Å². The van der Waals surface area contributed by atoms with Gasteiger partial charge in [0.1, 0.15) is 23.4 Å². The number of ether oxygens (including phenoxy) is 4. The molecule has 2 aromatic rings. The van der Waals surface area contributed by atoms with E-state index in [1.165, 1.54) is 97.5 Å². The van der Waals surface area contributed by atoms with Crippen LogP contribution < -0.4 is 10.1 Å². The van der Waals surface area contributed by atoms with Crippen molar-refractivity contribution in [3.8, 4) is 23.0 Å². The van der Waals surface area contributed by atoms with Gasteiger partial charge in [-0.15, -0.1) is 0 Å². The Morgan fingerprint density at radius 2 is 1.38 bits per heavy atom. The number of esters is 1. The maximum atomic E-state index is 14.7. The zero-order valence-corrected chi connectivity index (χ0v) is 41.7. The number of aliphatic hydroxyl groups excluding tert-OH is 2. The number of hydrogen-bond acceptors (Lipinski definition) is 14. The van der Waals surface area contributed by atoms with Crippen molar-refractivity contribution in [2.45, 2.75) is 169 Å². The van der Waals surface area contributed by atoms with Gasteiger partial charge in [0.2, 0.25) is 0 Å². The smallest absolute Gasteiger partial charge is 0.312 e. The van der Waals surface area contributed by atoms with Crippen molar-refractivity contribution in [1.82, 2.24) is 5.01 Å². The molecule has 5 bridgehead atoms. The number of aromatic hydroxyl groups is 3. The number of aliphatic hydroxyl groups is 2. The molecule has 9 unspecified atom stereocenters. The molecule has 68 heavy (non-hydrogen) atoms. The number of hydrazone groups is 1. The lowest BCUT2D eigenvalue weighted by Gasteiger charge is -2.38. The van der Waals surface area contributed by atoms with Crippen LogP contribution >= 0.6 is 0 Å². The van der Waals surface area contributed by atoms with Gasteiger partial charge in [0, 0.05) is 74.2 Å². The number of amides is 1. The van der Waals surface area contributed by atoms with Crippen LogP contribution in [0.1, 0.15) is 153 Å². The van der Waals surface area contributed by atoms with Crippen LogP contribution in [0.4, 0.5) is 5.69 Å². The summed E-state index contributed by atoms with van der Waals surface area (Å²) in [5.41, 5.74) is -0.238. The summed E-state index contributed by atoms with van der Waals surface area (Å²) < 4.78 is 23.9. The highest BCUT2D eigenvalue weighted by Gasteiger charge is 2.50. The van der Waals surface area contributed by atoms with Crippen molar-refractivity contribution in [3.05, 3.63) is 52.8 Å². The Balaban J connectivity index is 1.66. The Kier molecular flexibility index (Phi) is 19.3. The van der Waals surface area contributed by atoms with E-state index in [0.717, 1.165) is 38.5 Å². The van der Waals surface area contributed by atoms with Gasteiger partial charge < -0.3 is 49.8 Å². The van der Waals surface area contributed by atoms with Crippen LogP contribution in [0.5, 0.6) is 23.0 Å². The van der Waals surface area contributed by atoms with E-state index in [4.69, 9.17) is 24.0 Å². The van der Waals surface area contributed by atoms with E-state index in [2.05, 4.69) is 5.32 Å². The van der Waals surface area contributed by atoms with Gasteiger partial charge in [0.05, 0.1) is 53.0 Å². The van der Waals surface area contributed by atoms with Gasteiger partial charge in [0.25, 0.3) is 11.7 Å². The number of methoxy groups -OCH3 is 1. The number of phenols is 3. The minimum absolute atomic E-state index is 0.0696. The SMILES string of the molecule is COC1C=COC2(C)Oc3c(C)c(O)c4c(O)c(c(/C=N/N5CCCCCCCCCCCCCCC5)c(O)c4c3C2=O)NC(=O)C(C)=CC=CC(C)C(O)C(C)C(O)C(C)C(OC(C)=O)C1C. The van der Waals surface area contributed by atoms with Gasteiger partial charge in [-0.25, -0.2) is 0 Å². The van der Waals surface area contributed by atoms with Crippen LogP contribution in [0.3, 0.4) is 0 Å². The number of rotatable bonds is 4. The normalized spacial score (nSPS) is 29.2. The summed E-state index contributed by atoms with van der Waals surface area (Å²) in [5.74, 6) is -8.23. The molecule has 2 aromatic carbocycles. The van der Waals surface area contributed by atoms with Crippen molar-refractivity contribution in [2.75, 3.05) is 25.5 Å². The van der Waals surface area contributed by atoms with Gasteiger partial charge in [0.15, 0.2) is 5.75 Å². The lowest BCUT2D eigenvalue weighted by molar-refractivity contribution is -0.160. The summed E-state index contributed by atoms with van der Waals surface area (Å²) in [6.07, 6.45) is 19.9. The zero-order chi connectivity index (χ0) is 49.9. The third-order valence-electron chi connectivity index (χ3n) is 14.2. The van der Waals surface area contributed by atoms with Crippen LogP contribution in [0.25, 0.3) is 10.8 Å². The van der Waals surface area contributed by atoms with E-state index in [1.54, 1.807) is 46.8 Å². The van der Waals surface area contributed by atoms with Crippen molar-refractivity contribution in [1.29, 1.82) is 0 Å². The first-order valence-corrected chi connectivity index (χ1v) is 24.7. The number of nitrogens with one attached hydrogen (secondary N) is 1. The van der Waals surface area contributed by atoms with E-state index < -0.39 is 88.8 Å². The number of Topliss-reactive ketones (excluding diaryl/α,β-unsaturated/α-hetero) is 1. The fraction of sp³-hybridized carbons (Fsp3) is 0.623. The number of hydrogen-bond donors (Lipinski definition) is 6. The highest BCUT2D eigenvalue weighted by atomic mass is 16.7. The first kappa shape index (κ1) is 53.8. The molecule has 0 aromatic heterocycles. The van der Waals surface area contributed by atoms with Crippen LogP contribution in [0.15, 0.2) is 41.2 Å². The second kappa shape index (κ2) is 24.4. The van der Waals surface area contributed by atoms with Gasteiger partial charge in [-0.05, 0) is 32.8 Å². The minimum Gasteiger partial charge on any atom is -0.507 e. The van der Waals surface area contributed by atoms with Crippen molar-refractivity contribution in [2.24, 2.45) is 28.8 Å². The monoisotopic (exact) mass is 948 g/mol. The molecule has 6 N–H and O–H groups in total. The molecular formula is C53H77N3O12. The van der Waals surface area contributed by atoms with Gasteiger partial charge >= 0.3 is 11.8 Å². The highest BCUT2D eigenvalue weighted by Crippen LogP contribution is 2.55. The average Bonchev–Trinajstić information content (AvgIpc) is 3.57. The van der Waals surface area contributed by atoms with E-state index in [9.17, 15) is 39.9 Å². The Morgan fingerprint density at radius 3 is 1.94 bits per heavy atom. The molecular weight excluding hydrogens is 871 g/mol. The number of anilines is 1. The molecule has 0 saturated carbocycles. The number of fused-ring (bicyclic) bond motifs is 14. The standard InChI is InChI=1S/C53H77N3O12/c1-31-24-23-25-32(2)52(64)55-43-38(30-54-56-27-21-19-17-15-13-11-10-12-14-16-18-20-22-28-56)47(61)40-41(48(43)62)46(60)36(6)50-42(40)51(63)53(8,68-50)66-29-26-39(65-9)33(3)49(67-37(7)57)35(5)45(59)34(4)44(31)58/h23-26,29-31,33-35,39,44-45,49,58-62H,10-22,27-28H2,1-9H3,(H,55,64)/b24-23?,29-26?,32-25?,54-30+. The topological polar surface area (TPSA) is 217 Å². The van der Waals surface area contributed by atoms with Crippen LogP contribution in [0.2, 0.25) is 0 Å². The summed E-state index contributed by atoms with van der Waals surface area (Å²) in [6, 6.07) is 0. The molecule has 1 fully saturated rings. The van der Waals surface area contributed by atoms with Crippen LogP contribution in [0, 0.1) is 30.6 Å². The molecule has 6 rings (SSSR count). The Bertz CT molecular complexity index is 2200. The second-order valence-corrected chi connectivity index (χ2v) is 19.4. The minimum atomic E-state index is -2.05. The molecule has 4 aliphatic rings. The van der Waals surface area contributed by atoms with E-state index in [1.807, 2.05) is 5.01 Å². The number of nitrogens with zero attached hydrogens (tertiary/aromatic N) is 2. The molecule has 376 valence electrons. The van der Waals surface area contributed by atoms with Crippen LogP contribution in [-0.4, -0.2) is 105 Å². The average molecular weight is 948 g/mol. The fourth-order valence-corrected chi connectivity index (χ4v) is 9.77. The van der Waals surface area contributed by atoms with Crippen molar-refractivity contribution < 1.29 is 58.9 Å². The number of carbonyl (C=O) groups excluding carboxylic acids is 3. The lowest BCUT2D eigenvalue weighted by Crippen LogP contribution is -2.46. The molecule has 0 aliphatic carbocycles. The second-order valence-electron chi connectivity index (χ2n) is 19.4. The lowest BCUT2D eigenvalue weighted by atomic mass is 9.78. The number of benzene rings is 2. The largest absolute Gasteiger partial charge is 0.507 e. The van der Waals surface area contributed by atoms with Gasteiger partial charge in [-0.3, -0.25) is 19.4 Å². The quantitative estimate of drug-likeness (QED) is 0.0730. The molecule has 1 saturated heterocycles. The van der Waals surface area contributed by atoms with Crippen molar-refractivity contribution >= 4 is 40.3 Å². The number of ketones is 1. The summed E-state index contributed by atoms with van der Waals surface area (Å²) in [6.45, 7) is 14.0. The number of allylic oxidation sites excluding steroid dienone is 2. The molecule has 0 radical (unpaired) electrons. The molecule has 15 nitrogen and oxygen atoms in total. The predicted molar refractivity (Wildman–Crippen MR) is 263 cm³/mol. The summed E-state index contributed by atoms with van der Waals surface area (Å²) in [5, 5.41) is 68.4. The molecule has 1 amide bonds. The first-order chi connectivity index (χ1) is 32.3. The van der Waals surface area contributed by atoms with Crippen molar-refractivity contribution in [3.63, 3.8) is 0 Å². The summed E-state index contributed by atoms with van der Waals surface area (Å²) >= 11 is 0. The predicted octanol–water partition coefficient (Wildman–Crippen LogP) is 9.47. The van der Waals surface area contributed by atoms with E-state index in [-0.39, 0.29) is 44.5 Å². The molecule has 4 heterocycles. The maximum Gasteiger partial charge on any atom is 0.312 e. The zero-order valence-electron chi connectivity index (χ0n) is 41.7. The molecule has 4 aliphatic heterocycles. The summed E-state index contributed by atoms with van der Waals surface area (Å²) in [7, 11) is 1.45. The Labute approximate surface area is 402 Å². The molecule has 15 heteroatoms. The first-order valence-electron chi connectivity index (χ1n) is 24.7.